The van der Waals surface area contributed by atoms with Crippen molar-refractivity contribution in [2.75, 3.05) is 40.3 Å². The van der Waals surface area contributed by atoms with Gasteiger partial charge in [0.25, 0.3) is 0 Å². The summed E-state index contributed by atoms with van der Waals surface area (Å²) in [6.07, 6.45) is 0.185. The molecule has 0 saturated carbocycles. The molecule has 0 radical (unpaired) electrons. The summed E-state index contributed by atoms with van der Waals surface area (Å²) in [6.45, 7) is 3.91. The highest BCUT2D eigenvalue weighted by Crippen LogP contribution is 2.15. The molecule has 0 N–H and O–H groups in total. The molecule has 1 heterocycles. The van der Waals surface area contributed by atoms with Crippen molar-refractivity contribution < 1.29 is 9.13 Å². The van der Waals surface area contributed by atoms with Gasteiger partial charge in [0.05, 0.1) is 24.3 Å². The number of morpholine rings is 1. The second kappa shape index (κ2) is 6.80. The van der Waals surface area contributed by atoms with E-state index in [2.05, 4.69) is 15.9 Å². The smallest absolute Gasteiger partial charge is 0.124 e. The summed E-state index contributed by atoms with van der Waals surface area (Å²) in [5.41, 5.74) is 1.29. The van der Waals surface area contributed by atoms with E-state index in [0.717, 1.165) is 25.2 Å². The highest BCUT2D eigenvalue weighted by molar-refractivity contribution is 5.37. The lowest BCUT2D eigenvalue weighted by Gasteiger charge is -2.34. The lowest BCUT2D eigenvalue weighted by atomic mass is 10.1. The number of hydrogen-bond acceptors (Lipinski definition) is 4. The number of hydrogen-bond donors (Lipinski definition) is 0. The number of nitriles is 1. The van der Waals surface area contributed by atoms with E-state index in [0.29, 0.717) is 18.7 Å². The lowest BCUT2D eigenvalue weighted by Crippen LogP contribution is -2.46. The monoisotopic (exact) mass is 277 g/mol. The molecule has 1 fully saturated rings. The third kappa shape index (κ3) is 4.01. The van der Waals surface area contributed by atoms with Crippen molar-refractivity contribution in [3.05, 3.63) is 35.1 Å². The summed E-state index contributed by atoms with van der Waals surface area (Å²) in [5, 5.41) is 9.08. The van der Waals surface area contributed by atoms with Crippen molar-refractivity contribution >= 4 is 0 Å². The fourth-order valence-electron chi connectivity index (χ4n) is 2.47. The number of likely N-dealkylation sites (N-methyl/N-ethyl adjacent to an activating group) is 1. The fourth-order valence-corrected chi connectivity index (χ4v) is 2.47. The van der Waals surface area contributed by atoms with E-state index in [4.69, 9.17) is 10.00 Å². The van der Waals surface area contributed by atoms with E-state index in [9.17, 15) is 4.39 Å². The summed E-state index contributed by atoms with van der Waals surface area (Å²) in [5.74, 6) is -0.363. The minimum Gasteiger partial charge on any atom is -0.374 e. The van der Waals surface area contributed by atoms with Crippen LogP contribution in [0.25, 0.3) is 0 Å². The largest absolute Gasteiger partial charge is 0.374 e. The van der Waals surface area contributed by atoms with Crippen LogP contribution in [-0.2, 0) is 11.3 Å². The molecule has 0 spiro atoms. The first-order valence-electron chi connectivity index (χ1n) is 6.75. The van der Waals surface area contributed by atoms with Crippen molar-refractivity contribution in [3.63, 3.8) is 0 Å². The van der Waals surface area contributed by atoms with Crippen molar-refractivity contribution in [2.24, 2.45) is 0 Å². The van der Waals surface area contributed by atoms with Crippen LogP contribution in [0.1, 0.15) is 11.1 Å². The summed E-state index contributed by atoms with van der Waals surface area (Å²) in [7, 11) is 4.05. The highest BCUT2D eigenvalue weighted by atomic mass is 19.1. The van der Waals surface area contributed by atoms with E-state index >= 15 is 0 Å². The van der Waals surface area contributed by atoms with Crippen LogP contribution < -0.4 is 0 Å². The van der Waals surface area contributed by atoms with Crippen LogP contribution in [0.3, 0.4) is 0 Å². The van der Waals surface area contributed by atoms with Crippen LogP contribution in [0, 0.1) is 17.1 Å². The number of nitrogens with zero attached hydrogens (tertiary/aromatic N) is 3. The molecule has 1 aromatic carbocycles. The second-order valence-corrected chi connectivity index (χ2v) is 5.40. The average molecular weight is 277 g/mol. The number of halogens is 1. The first-order valence-corrected chi connectivity index (χ1v) is 6.75. The van der Waals surface area contributed by atoms with Gasteiger partial charge in [0, 0.05) is 26.2 Å². The molecule has 0 bridgehead atoms. The molecule has 5 heteroatoms. The van der Waals surface area contributed by atoms with Gasteiger partial charge in [0.15, 0.2) is 0 Å². The minimum atomic E-state index is -0.363. The Balaban J connectivity index is 2.01. The zero-order valence-corrected chi connectivity index (χ0v) is 12.0. The van der Waals surface area contributed by atoms with E-state index < -0.39 is 0 Å². The average Bonchev–Trinajstić information content (AvgIpc) is 2.40. The molecule has 1 aliphatic heterocycles. The highest BCUT2D eigenvalue weighted by Gasteiger charge is 2.21. The van der Waals surface area contributed by atoms with Gasteiger partial charge in [-0.3, -0.25) is 4.90 Å². The van der Waals surface area contributed by atoms with Gasteiger partial charge in [0.2, 0.25) is 0 Å². The Morgan fingerprint density at radius 1 is 1.50 bits per heavy atom. The molecule has 0 aliphatic carbocycles. The first kappa shape index (κ1) is 14.9. The fraction of sp³-hybridized carbons (Fsp3) is 0.533. The molecule has 1 aliphatic rings. The molecular formula is C15H20FN3O. The van der Waals surface area contributed by atoms with Gasteiger partial charge in [-0.1, -0.05) is 6.07 Å². The standard InChI is InChI=1S/C15H20FN3O/c1-18(2)10-15-11-19(5-6-20-15)9-12-3-4-14(16)7-13(12)8-17/h3-4,7,15H,5-6,9-11H2,1-2H3/t15-/m0/s1. The van der Waals surface area contributed by atoms with Crippen molar-refractivity contribution in [1.82, 2.24) is 9.80 Å². The number of rotatable bonds is 4. The third-order valence-corrected chi connectivity index (χ3v) is 3.38. The molecule has 1 saturated heterocycles. The van der Waals surface area contributed by atoms with Crippen molar-refractivity contribution in [1.29, 1.82) is 5.26 Å². The quantitative estimate of drug-likeness (QED) is 0.835. The van der Waals surface area contributed by atoms with Crippen LogP contribution in [-0.4, -0.2) is 56.2 Å². The van der Waals surface area contributed by atoms with Gasteiger partial charge in [-0.25, -0.2) is 4.39 Å². The molecule has 1 aromatic rings. The molecule has 1 atom stereocenters. The second-order valence-electron chi connectivity index (χ2n) is 5.40. The van der Waals surface area contributed by atoms with Gasteiger partial charge < -0.3 is 9.64 Å². The predicted molar refractivity (Wildman–Crippen MR) is 74.7 cm³/mol. The number of ether oxygens (including phenoxy) is 1. The topological polar surface area (TPSA) is 39.5 Å². The zero-order valence-electron chi connectivity index (χ0n) is 12.0. The van der Waals surface area contributed by atoms with E-state index in [1.54, 1.807) is 6.07 Å². The minimum absolute atomic E-state index is 0.185. The maximum absolute atomic E-state index is 13.1. The van der Waals surface area contributed by atoms with Crippen LogP contribution >= 0.6 is 0 Å². The molecule has 0 amide bonds. The Kier molecular flexibility index (Phi) is 5.07. The molecule has 108 valence electrons. The maximum Gasteiger partial charge on any atom is 0.124 e. The SMILES string of the molecule is CN(C)C[C@H]1CN(Cc2ccc(F)cc2C#N)CCO1. The van der Waals surface area contributed by atoms with Crippen LogP contribution in [0.4, 0.5) is 4.39 Å². The zero-order chi connectivity index (χ0) is 14.5. The van der Waals surface area contributed by atoms with Crippen LogP contribution in [0.15, 0.2) is 18.2 Å². The summed E-state index contributed by atoms with van der Waals surface area (Å²) >= 11 is 0. The Morgan fingerprint density at radius 3 is 3.00 bits per heavy atom. The van der Waals surface area contributed by atoms with Crippen LogP contribution in [0.2, 0.25) is 0 Å². The summed E-state index contributed by atoms with van der Waals surface area (Å²) in [4.78, 5) is 4.36. The maximum atomic E-state index is 13.1. The molecule has 2 rings (SSSR count). The van der Waals surface area contributed by atoms with Crippen molar-refractivity contribution in [3.8, 4) is 6.07 Å². The van der Waals surface area contributed by atoms with Gasteiger partial charge in [-0.2, -0.15) is 5.26 Å². The Bertz CT molecular complexity index is 498. The normalized spacial score (nSPS) is 20.1. The molecule has 4 nitrogen and oxygen atoms in total. The molecule has 20 heavy (non-hydrogen) atoms. The van der Waals surface area contributed by atoms with E-state index in [1.807, 2.05) is 14.1 Å². The van der Waals surface area contributed by atoms with Gasteiger partial charge in [-0.05, 0) is 31.8 Å². The van der Waals surface area contributed by atoms with Gasteiger partial charge >= 0.3 is 0 Å². The number of benzene rings is 1. The molecule has 0 aromatic heterocycles. The predicted octanol–water partition coefficient (Wildman–Crippen LogP) is 1.46. The molecular weight excluding hydrogens is 257 g/mol. The van der Waals surface area contributed by atoms with E-state index in [1.165, 1.54) is 12.1 Å². The Labute approximate surface area is 119 Å². The Morgan fingerprint density at radius 2 is 2.30 bits per heavy atom. The Hall–Kier alpha value is -1.48. The lowest BCUT2D eigenvalue weighted by molar-refractivity contribution is -0.0407. The van der Waals surface area contributed by atoms with Crippen LogP contribution in [0.5, 0.6) is 0 Å². The third-order valence-electron chi connectivity index (χ3n) is 3.38. The first-order chi connectivity index (χ1) is 9.58. The van der Waals surface area contributed by atoms with Gasteiger partial charge in [0.1, 0.15) is 5.82 Å². The summed E-state index contributed by atoms with van der Waals surface area (Å²) in [6, 6.07) is 6.47. The van der Waals surface area contributed by atoms with E-state index in [-0.39, 0.29) is 11.9 Å². The molecule has 0 unspecified atom stereocenters. The van der Waals surface area contributed by atoms with Gasteiger partial charge in [-0.15, -0.1) is 0 Å². The van der Waals surface area contributed by atoms with Crippen molar-refractivity contribution in [2.45, 2.75) is 12.6 Å². The summed E-state index contributed by atoms with van der Waals surface area (Å²) < 4.78 is 18.9.